The SMILES string of the molecule is CNC(=O)c1n[nH]c2cc(N3CCCC(C(=O)NCc4ccccc4OCC4CC4)C3)ccc12. The van der Waals surface area contributed by atoms with Crippen molar-refractivity contribution < 1.29 is 14.3 Å². The van der Waals surface area contributed by atoms with Crippen LogP contribution in [0.1, 0.15) is 41.7 Å². The zero-order chi connectivity index (χ0) is 23.5. The van der Waals surface area contributed by atoms with E-state index >= 15 is 0 Å². The summed E-state index contributed by atoms with van der Waals surface area (Å²) in [5.74, 6) is 1.34. The predicted octanol–water partition coefficient (Wildman–Crippen LogP) is 3.24. The second-order valence-electron chi connectivity index (χ2n) is 9.25. The number of aromatic nitrogens is 2. The normalized spacial score (nSPS) is 18.0. The Morgan fingerprint density at radius 3 is 2.85 bits per heavy atom. The van der Waals surface area contributed by atoms with Crippen LogP contribution in [-0.2, 0) is 11.3 Å². The predicted molar refractivity (Wildman–Crippen MR) is 131 cm³/mol. The van der Waals surface area contributed by atoms with Crippen LogP contribution in [0, 0.1) is 11.8 Å². The van der Waals surface area contributed by atoms with E-state index in [1.54, 1.807) is 7.05 Å². The van der Waals surface area contributed by atoms with Crippen molar-refractivity contribution in [1.29, 1.82) is 0 Å². The highest BCUT2D eigenvalue weighted by atomic mass is 16.5. The number of carbonyl (C=O) groups is 2. The van der Waals surface area contributed by atoms with Gasteiger partial charge in [-0.3, -0.25) is 14.7 Å². The highest BCUT2D eigenvalue weighted by molar-refractivity contribution is 6.05. The zero-order valence-electron chi connectivity index (χ0n) is 19.5. The average Bonchev–Trinajstić information content (AvgIpc) is 3.62. The summed E-state index contributed by atoms with van der Waals surface area (Å²) in [6, 6.07) is 13.9. The van der Waals surface area contributed by atoms with Gasteiger partial charge in [0.25, 0.3) is 5.91 Å². The molecule has 2 aliphatic rings. The Kier molecular flexibility index (Phi) is 6.38. The first kappa shape index (κ1) is 22.3. The number of fused-ring (bicyclic) bond motifs is 1. The fourth-order valence-corrected chi connectivity index (χ4v) is 4.53. The minimum absolute atomic E-state index is 0.0752. The Hall–Kier alpha value is -3.55. The quantitative estimate of drug-likeness (QED) is 0.478. The summed E-state index contributed by atoms with van der Waals surface area (Å²) in [6.07, 6.45) is 4.32. The van der Waals surface area contributed by atoms with E-state index in [9.17, 15) is 9.59 Å². The highest BCUT2D eigenvalue weighted by Crippen LogP contribution is 2.31. The number of nitrogens with zero attached hydrogens (tertiary/aromatic N) is 2. The van der Waals surface area contributed by atoms with Crippen molar-refractivity contribution in [2.24, 2.45) is 11.8 Å². The molecule has 2 amide bonds. The lowest BCUT2D eigenvalue weighted by Gasteiger charge is -2.33. The number of ether oxygens (including phenoxy) is 1. The van der Waals surface area contributed by atoms with Gasteiger partial charge in [-0.1, -0.05) is 18.2 Å². The third-order valence-corrected chi connectivity index (χ3v) is 6.74. The molecule has 2 aromatic carbocycles. The molecule has 8 heteroatoms. The van der Waals surface area contributed by atoms with Gasteiger partial charge in [0.15, 0.2) is 5.69 Å². The molecule has 1 aromatic heterocycles. The molecule has 5 rings (SSSR count). The molecular formula is C26H31N5O3. The van der Waals surface area contributed by atoms with Gasteiger partial charge in [-0.15, -0.1) is 0 Å². The van der Waals surface area contributed by atoms with Gasteiger partial charge in [-0.25, -0.2) is 0 Å². The van der Waals surface area contributed by atoms with Crippen molar-refractivity contribution in [1.82, 2.24) is 20.8 Å². The Morgan fingerprint density at radius 1 is 1.18 bits per heavy atom. The molecule has 8 nitrogen and oxygen atoms in total. The van der Waals surface area contributed by atoms with Crippen molar-refractivity contribution in [3.05, 3.63) is 53.7 Å². The lowest BCUT2D eigenvalue weighted by atomic mass is 9.96. The van der Waals surface area contributed by atoms with Crippen molar-refractivity contribution >= 4 is 28.4 Å². The summed E-state index contributed by atoms with van der Waals surface area (Å²) in [5, 5.41) is 13.6. The average molecular weight is 462 g/mol. The second-order valence-corrected chi connectivity index (χ2v) is 9.25. The Balaban J connectivity index is 1.21. The van der Waals surface area contributed by atoms with Gasteiger partial charge in [-0.05, 0) is 55.9 Å². The van der Waals surface area contributed by atoms with Crippen LogP contribution < -0.4 is 20.3 Å². The van der Waals surface area contributed by atoms with Crippen molar-refractivity contribution in [3.63, 3.8) is 0 Å². The summed E-state index contributed by atoms with van der Waals surface area (Å²) >= 11 is 0. The van der Waals surface area contributed by atoms with Crippen LogP contribution in [0.2, 0.25) is 0 Å². The fourth-order valence-electron chi connectivity index (χ4n) is 4.53. The molecular weight excluding hydrogens is 430 g/mol. The molecule has 2 fully saturated rings. The molecule has 1 atom stereocenters. The van der Waals surface area contributed by atoms with E-state index in [0.29, 0.717) is 24.7 Å². The van der Waals surface area contributed by atoms with Gasteiger partial charge < -0.3 is 20.3 Å². The van der Waals surface area contributed by atoms with Gasteiger partial charge in [0.2, 0.25) is 5.91 Å². The number of para-hydroxylation sites is 1. The third-order valence-electron chi connectivity index (χ3n) is 6.74. The zero-order valence-corrected chi connectivity index (χ0v) is 19.5. The first-order valence-corrected chi connectivity index (χ1v) is 12.1. The second kappa shape index (κ2) is 9.75. The number of rotatable bonds is 8. The van der Waals surface area contributed by atoms with E-state index < -0.39 is 0 Å². The largest absolute Gasteiger partial charge is 0.493 e. The number of H-pyrrole nitrogens is 1. The first-order valence-electron chi connectivity index (χ1n) is 12.1. The van der Waals surface area contributed by atoms with Gasteiger partial charge in [0.05, 0.1) is 18.0 Å². The molecule has 1 saturated carbocycles. The van der Waals surface area contributed by atoms with Crippen LogP contribution in [0.4, 0.5) is 5.69 Å². The Bertz CT molecular complexity index is 1190. The van der Waals surface area contributed by atoms with E-state index in [1.165, 1.54) is 12.8 Å². The monoisotopic (exact) mass is 461 g/mol. The summed E-state index contributed by atoms with van der Waals surface area (Å²) < 4.78 is 5.98. The molecule has 0 radical (unpaired) electrons. The molecule has 1 aliphatic heterocycles. The topological polar surface area (TPSA) is 99.4 Å². The smallest absolute Gasteiger partial charge is 0.272 e. The number of nitrogens with one attached hydrogen (secondary N) is 3. The molecule has 2 heterocycles. The third kappa shape index (κ3) is 4.85. The number of anilines is 1. The summed E-state index contributed by atoms with van der Waals surface area (Å²) in [5.41, 5.74) is 3.24. The number of aromatic amines is 1. The summed E-state index contributed by atoms with van der Waals surface area (Å²) in [7, 11) is 1.59. The van der Waals surface area contributed by atoms with Gasteiger partial charge in [0.1, 0.15) is 5.75 Å². The highest BCUT2D eigenvalue weighted by Gasteiger charge is 2.27. The standard InChI is InChI=1S/C26H31N5O3/c1-27-26(33)24-21-11-10-20(13-22(21)29-30-24)31-12-4-6-19(15-31)25(32)28-14-18-5-2-3-7-23(18)34-16-17-8-9-17/h2-3,5,7,10-11,13,17,19H,4,6,8-9,12,14-16H2,1H3,(H,27,33)(H,28,32)(H,29,30). The fraction of sp³-hybridized carbons (Fsp3) is 0.423. The minimum Gasteiger partial charge on any atom is -0.493 e. The molecule has 0 spiro atoms. The van der Waals surface area contributed by atoms with Crippen LogP contribution in [-0.4, -0.2) is 48.8 Å². The van der Waals surface area contributed by atoms with Crippen LogP contribution in [0.25, 0.3) is 10.9 Å². The molecule has 34 heavy (non-hydrogen) atoms. The molecule has 178 valence electrons. The number of hydrogen-bond donors (Lipinski definition) is 3. The van der Waals surface area contributed by atoms with Gasteiger partial charge >= 0.3 is 0 Å². The van der Waals surface area contributed by atoms with Crippen molar-refractivity contribution in [3.8, 4) is 5.75 Å². The molecule has 3 aromatic rings. The first-order chi connectivity index (χ1) is 16.6. The van der Waals surface area contributed by atoms with E-state index in [4.69, 9.17) is 4.74 Å². The number of benzene rings is 2. The van der Waals surface area contributed by atoms with Crippen LogP contribution >= 0.6 is 0 Å². The molecule has 1 saturated heterocycles. The van der Waals surface area contributed by atoms with E-state index in [1.807, 2.05) is 42.5 Å². The maximum atomic E-state index is 13.0. The van der Waals surface area contributed by atoms with E-state index in [0.717, 1.165) is 53.9 Å². The van der Waals surface area contributed by atoms with Crippen molar-refractivity contribution in [2.45, 2.75) is 32.2 Å². The Morgan fingerprint density at radius 2 is 2.03 bits per heavy atom. The van der Waals surface area contributed by atoms with Crippen LogP contribution in [0.5, 0.6) is 5.75 Å². The molecule has 1 unspecified atom stereocenters. The van der Waals surface area contributed by atoms with Crippen LogP contribution in [0.3, 0.4) is 0 Å². The minimum atomic E-state index is -0.215. The number of carbonyl (C=O) groups excluding carboxylic acids is 2. The molecule has 1 aliphatic carbocycles. The Labute approximate surface area is 199 Å². The van der Waals surface area contributed by atoms with Crippen molar-refractivity contribution in [2.75, 3.05) is 31.6 Å². The molecule has 3 N–H and O–H groups in total. The number of hydrogen-bond acceptors (Lipinski definition) is 5. The van der Waals surface area contributed by atoms with Gasteiger partial charge in [-0.2, -0.15) is 5.10 Å². The summed E-state index contributed by atoms with van der Waals surface area (Å²) in [6.45, 7) is 2.78. The lowest BCUT2D eigenvalue weighted by molar-refractivity contribution is -0.125. The van der Waals surface area contributed by atoms with Gasteiger partial charge in [0, 0.05) is 43.3 Å². The molecule has 0 bridgehead atoms. The summed E-state index contributed by atoms with van der Waals surface area (Å²) in [4.78, 5) is 27.2. The van der Waals surface area contributed by atoms with E-state index in [2.05, 4.69) is 25.7 Å². The number of amides is 2. The number of piperidine rings is 1. The lowest BCUT2D eigenvalue weighted by Crippen LogP contribution is -2.43. The van der Waals surface area contributed by atoms with Crippen LogP contribution in [0.15, 0.2) is 42.5 Å². The van der Waals surface area contributed by atoms with E-state index in [-0.39, 0.29) is 17.7 Å². The maximum Gasteiger partial charge on any atom is 0.272 e. The maximum absolute atomic E-state index is 13.0.